The lowest BCUT2D eigenvalue weighted by Crippen LogP contribution is -2.17. The maximum Gasteiger partial charge on any atom is 0.139 e. The number of nitrogens with one attached hydrogen (secondary N) is 2. The summed E-state index contributed by atoms with van der Waals surface area (Å²) in [6, 6.07) is 16.3. The molecule has 1 aromatic heterocycles. The van der Waals surface area contributed by atoms with Gasteiger partial charge < -0.3 is 10.3 Å². The molecule has 3 heteroatoms. The number of para-hydroxylation sites is 2. The molecule has 4 rings (SSSR count). The molecule has 2 aromatic carbocycles. The largest absolute Gasteiger partial charge is 0.377 e. The second-order valence-corrected chi connectivity index (χ2v) is 5.59. The van der Waals surface area contributed by atoms with E-state index >= 15 is 0 Å². The van der Waals surface area contributed by atoms with Gasteiger partial charge in [0, 0.05) is 28.4 Å². The summed E-state index contributed by atoms with van der Waals surface area (Å²) in [5, 5.41) is 4.69. The van der Waals surface area contributed by atoms with Crippen molar-refractivity contribution in [3.05, 3.63) is 65.9 Å². The van der Waals surface area contributed by atoms with E-state index in [1.54, 1.807) is 6.92 Å². The van der Waals surface area contributed by atoms with Crippen LogP contribution in [-0.4, -0.2) is 10.8 Å². The molecule has 2 heterocycles. The fourth-order valence-corrected chi connectivity index (χ4v) is 3.39. The minimum Gasteiger partial charge on any atom is -0.377 e. The van der Waals surface area contributed by atoms with Gasteiger partial charge in [-0.05, 0) is 24.6 Å². The average molecular weight is 276 g/mol. The first-order chi connectivity index (χ1) is 10.3. The van der Waals surface area contributed by atoms with Gasteiger partial charge in [0.1, 0.15) is 5.78 Å². The Bertz CT molecular complexity index is 834. The van der Waals surface area contributed by atoms with Crippen LogP contribution in [-0.2, 0) is 4.79 Å². The highest BCUT2D eigenvalue weighted by Crippen LogP contribution is 2.45. The molecule has 3 nitrogen and oxygen atoms in total. The SMILES string of the molecule is CC(=O)[C@H]1c2ccccc2N[C@H]1c1c[nH]c2ccccc12. The Balaban J connectivity index is 1.87. The number of anilines is 1. The number of carbonyl (C=O) groups is 1. The van der Waals surface area contributed by atoms with E-state index in [9.17, 15) is 4.79 Å². The van der Waals surface area contributed by atoms with Crippen LogP contribution in [0, 0.1) is 0 Å². The van der Waals surface area contributed by atoms with Crippen molar-refractivity contribution < 1.29 is 4.79 Å². The van der Waals surface area contributed by atoms with Gasteiger partial charge in [-0.15, -0.1) is 0 Å². The number of ketones is 1. The summed E-state index contributed by atoms with van der Waals surface area (Å²) >= 11 is 0. The van der Waals surface area contributed by atoms with Crippen molar-refractivity contribution >= 4 is 22.4 Å². The number of carbonyl (C=O) groups excluding carboxylic acids is 1. The third-order valence-corrected chi connectivity index (χ3v) is 4.33. The van der Waals surface area contributed by atoms with Crippen LogP contribution in [0.2, 0.25) is 0 Å². The van der Waals surface area contributed by atoms with Crippen molar-refractivity contribution in [3.8, 4) is 0 Å². The number of fused-ring (bicyclic) bond motifs is 2. The molecule has 0 aliphatic carbocycles. The molecule has 0 bridgehead atoms. The maximum absolute atomic E-state index is 12.2. The Kier molecular flexibility index (Phi) is 2.61. The Morgan fingerprint density at radius 3 is 2.62 bits per heavy atom. The number of aromatic amines is 1. The van der Waals surface area contributed by atoms with Gasteiger partial charge in [0.25, 0.3) is 0 Å². The van der Waals surface area contributed by atoms with Crippen LogP contribution in [0.4, 0.5) is 5.69 Å². The highest BCUT2D eigenvalue weighted by molar-refractivity contribution is 5.92. The van der Waals surface area contributed by atoms with Crippen molar-refractivity contribution in [2.75, 3.05) is 5.32 Å². The van der Waals surface area contributed by atoms with Gasteiger partial charge in [0.15, 0.2) is 0 Å². The van der Waals surface area contributed by atoms with Gasteiger partial charge in [-0.2, -0.15) is 0 Å². The summed E-state index contributed by atoms with van der Waals surface area (Å²) in [6.45, 7) is 1.68. The molecule has 104 valence electrons. The fraction of sp³-hybridized carbons (Fsp3) is 0.167. The number of H-pyrrole nitrogens is 1. The highest BCUT2D eigenvalue weighted by atomic mass is 16.1. The van der Waals surface area contributed by atoms with Crippen LogP contribution in [0.3, 0.4) is 0 Å². The first kappa shape index (κ1) is 12.2. The first-order valence-electron chi connectivity index (χ1n) is 7.17. The topological polar surface area (TPSA) is 44.9 Å². The normalized spacial score (nSPS) is 20.2. The Labute approximate surface area is 123 Å². The van der Waals surface area contributed by atoms with E-state index in [-0.39, 0.29) is 17.7 Å². The number of Topliss-reactive ketones (excluding diaryl/α,β-unsaturated/α-hetero) is 1. The Hall–Kier alpha value is -2.55. The summed E-state index contributed by atoms with van der Waals surface area (Å²) < 4.78 is 0. The zero-order valence-electron chi connectivity index (χ0n) is 11.8. The van der Waals surface area contributed by atoms with Crippen LogP contribution < -0.4 is 5.32 Å². The molecule has 0 radical (unpaired) electrons. The van der Waals surface area contributed by atoms with Gasteiger partial charge in [-0.1, -0.05) is 36.4 Å². The zero-order chi connectivity index (χ0) is 14.4. The third-order valence-electron chi connectivity index (χ3n) is 4.33. The molecule has 0 fully saturated rings. The number of hydrogen-bond acceptors (Lipinski definition) is 2. The van der Waals surface area contributed by atoms with Crippen molar-refractivity contribution in [2.24, 2.45) is 0 Å². The molecule has 1 aliphatic rings. The monoisotopic (exact) mass is 276 g/mol. The van der Waals surface area contributed by atoms with E-state index in [0.717, 1.165) is 22.3 Å². The summed E-state index contributed by atoms with van der Waals surface area (Å²) in [5.74, 6) is 0.0723. The summed E-state index contributed by atoms with van der Waals surface area (Å²) in [7, 11) is 0. The molecule has 2 atom stereocenters. The van der Waals surface area contributed by atoms with E-state index in [2.05, 4.69) is 22.4 Å². The molecule has 0 saturated carbocycles. The number of hydrogen-bond donors (Lipinski definition) is 2. The molecule has 1 aliphatic heterocycles. The zero-order valence-corrected chi connectivity index (χ0v) is 11.8. The van der Waals surface area contributed by atoms with Crippen LogP contribution >= 0.6 is 0 Å². The predicted octanol–water partition coefficient (Wildman–Crippen LogP) is 4.01. The molecular formula is C18H16N2O. The van der Waals surface area contributed by atoms with Crippen LogP contribution in [0.1, 0.15) is 30.0 Å². The number of rotatable bonds is 2. The molecule has 0 saturated heterocycles. The van der Waals surface area contributed by atoms with E-state index < -0.39 is 0 Å². The van der Waals surface area contributed by atoms with E-state index in [1.807, 2.05) is 42.6 Å². The van der Waals surface area contributed by atoms with Crippen molar-refractivity contribution in [1.29, 1.82) is 0 Å². The molecule has 2 N–H and O–H groups in total. The maximum atomic E-state index is 12.2. The molecule has 0 spiro atoms. The second-order valence-electron chi connectivity index (χ2n) is 5.59. The van der Waals surface area contributed by atoms with Gasteiger partial charge in [0.05, 0.1) is 12.0 Å². The predicted molar refractivity (Wildman–Crippen MR) is 84.5 cm³/mol. The van der Waals surface area contributed by atoms with Gasteiger partial charge >= 0.3 is 0 Å². The molecule has 0 amide bonds. The highest BCUT2D eigenvalue weighted by Gasteiger charge is 2.37. The summed E-state index contributed by atoms with van der Waals surface area (Å²) in [6.07, 6.45) is 2.02. The minimum absolute atomic E-state index is 0.00366. The van der Waals surface area contributed by atoms with Crippen LogP contribution in [0.5, 0.6) is 0 Å². The van der Waals surface area contributed by atoms with Crippen molar-refractivity contribution in [1.82, 2.24) is 4.98 Å². The average Bonchev–Trinajstić information content (AvgIpc) is 3.08. The Morgan fingerprint density at radius 2 is 1.76 bits per heavy atom. The van der Waals surface area contributed by atoms with Gasteiger partial charge in [0.2, 0.25) is 0 Å². The fourth-order valence-electron chi connectivity index (χ4n) is 3.39. The van der Waals surface area contributed by atoms with Gasteiger partial charge in [-0.25, -0.2) is 0 Å². The van der Waals surface area contributed by atoms with E-state index in [0.29, 0.717) is 0 Å². The lowest BCUT2D eigenvalue weighted by atomic mass is 9.87. The molecule has 21 heavy (non-hydrogen) atoms. The van der Waals surface area contributed by atoms with Gasteiger partial charge in [-0.3, -0.25) is 4.79 Å². The number of benzene rings is 2. The smallest absolute Gasteiger partial charge is 0.139 e. The first-order valence-corrected chi connectivity index (χ1v) is 7.17. The summed E-state index contributed by atoms with van der Waals surface area (Å²) in [4.78, 5) is 15.5. The third kappa shape index (κ3) is 1.77. The molecule has 3 aromatic rings. The van der Waals surface area contributed by atoms with Crippen molar-refractivity contribution in [3.63, 3.8) is 0 Å². The number of aromatic nitrogens is 1. The molecule has 0 unspecified atom stereocenters. The molecular weight excluding hydrogens is 260 g/mol. The van der Waals surface area contributed by atoms with Crippen molar-refractivity contribution in [2.45, 2.75) is 18.9 Å². The van der Waals surface area contributed by atoms with E-state index in [1.165, 1.54) is 5.39 Å². The van der Waals surface area contributed by atoms with Crippen LogP contribution in [0.25, 0.3) is 10.9 Å². The van der Waals surface area contributed by atoms with E-state index in [4.69, 9.17) is 0 Å². The lowest BCUT2D eigenvalue weighted by Gasteiger charge is -2.17. The standard InChI is InChI=1S/C18H16N2O/c1-11(21)17-13-7-3-5-9-16(13)20-18(17)14-10-19-15-8-4-2-6-12(14)15/h2-10,17-20H,1H3/t17-,18-/m0/s1. The quantitative estimate of drug-likeness (QED) is 0.743. The second kappa shape index (κ2) is 4.48. The summed E-state index contributed by atoms with van der Waals surface area (Å²) in [5.41, 5.74) is 4.42. The Morgan fingerprint density at radius 1 is 1.00 bits per heavy atom. The van der Waals surface area contributed by atoms with Crippen LogP contribution in [0.15, 0.2) is 54.7 Å². The minimum atomic E-state index is -0.125. The lowest BCUT2D eigenvalue weighted by molar-refractivity contribution is -0.118.